The van der Waals surface area contributed by atoms with E-state index in [4.69, 9.17) is 14.4 Å². The Bertz CT molecular complexity index is 3910. The zero-order valence-electron chi connectivity index (χ0n) is 33.4. The summed E-state index contributed by atoms with van der Waals surface area (Å²) < 4.78 is 6.24. The number of H-pyrrole nitrogens is 1. The largest absolute Gasteiger partial charge is 0.456 e. The van der Waals surface area contributed by atoms with Crippen molar-refractivity contribution < 1.29 is 4.42 Å². The van der Waals surface area contributed by atoms with Crippen molar-refractivity contribution >= 4 is 76.3 Å². The Balaban J connectivity index is 0.844. The van der Waals surface area contributed by atoms with E-state index < -0.39 is 0 Å². The van der Waals surface area contributed by atoms with Gasteiger partial charge in [-0.15, -0.1) is 0 Å². The van der Waals surface area contributed by atoms with Gasteiger partial charge in [0.05, 0.1) is 39.3 Å². The van der Waals surface area contributed by atoms with E-state index >= 15 is 0 Å². The normalized spacial score (nSPS) is 11.9. The maximum Gasteiger partial charge on any atom is 0.137 e. The molecule has 13 aromatic rings. The first-order chi connectivity index (χ1) is 30.7. The fourth-order valence-corrected chi connectivity index (χ4v) is 9.69. The molecule has 4 heteroatoms. The molecule has 0 atom stereocenters. The van der Waals surface area contributed by atoms with E-state index in [0.29, 0.717) is 0 Å². The SMILES string of the molecule is c1cc(-c2cccc(-c3cccc(-c4cccc5c4[nH]c4c5ccc5oc6ccccc6c54)c3)c2)cc(-c2cccc(-c3cnc4c5ccccc5c5ccccc5c4n3)c2)c1. The molecule has 288 valence electrons. The summed E-state index contributed by atoms with van der Waals surface area (Å²) >= 11 is 0. The van der Waals surface area contributed by atoms with Crippen molar-refractivity contribution in [3.05, 3.63) is 206 Å². The summed E-state index contributed by atoms with van der Waals surface area (Å²) in [5.41, 5.74) is 17.1. The Kier molecular flexibility index (Phi) is 7.57. The third-order valence-electron chi connectivity index (χ3n) is 12.6. The van der Waals surface area contributed by atoms with Crippen molar-refractivity contribution in [1.29, 1.82) is 0 Å². The second-order valence-electron chi connectivity index (χ2n) is 16.2. The summed E-state index contributed by atoms with van der Waals surface area (Å²) in [6, 6.07) is 71.4. The zero-order valence-corrected chi connectivity index (χ0v) is 33.4. The lowest BCUT2D eigenvalue weighted by Gasteiger charge is -2.12. The van der Waals surface area contributed by atoms with Crippen molar-refractivity contribution in [3.8, 4) is 55.8 Å². The van der Waals surface area contributed by atoms with Gasteiger partial charge in [0.2, 0.25) is 0 Å². The van der Waals surface area contributed by atoms with Gasteiger partial charge in [-0.05, 0) is 92.2 Å². The lowest BCUT2D eigenvalue weighted by atomic mass is 9.94. The number of nitrogens with zero attached hydrogens (tertiary/aromatic N) is 2. The lowest BCUT2D eigenvalue weighted by molar-refractivity contribution is 0.669. The van der Waals surface area contributed by atoms with Crippen LogP contribution < -0.4 is 0 Å². The molecule has 4 nitrogen and oxygen atoms in total. The molecule has 0 aliphatic rings. The Morgan fingerprint density at radius 3 is 1.48 bits per heavy atom. The highest BCUT2D eigenvalue weighted by molar-refractivity contribution is 6.25. The highest BCUT2D eigenvalue weighted by atomic mass is 16.3. The monoisotopic (exact) mass is 789 g/mol. The number of furan rings is 1. The first-order valence-electron chi connectivity index (χ1n) is 21.0. The maximum absolute atomic E-state index is 6.24. The van der Waals surface area contributed by atoms with Crippen molar-refractivity contribution in [2.45, 2.75) is 0 Å². The molecular formula is C58H35N3O. The number of para-hydroxylation sites is 2. The van der Waals surface area contributed by atoms with Gasteiger partial charge in [0.15, 0.2) is 0 Å². The molecule has 13 rings (SSSR count). The summed E-state index contributed by atoms with van der Waals surface area (Å²) in [6.07, 6.45) is 1.92. The van der Waals surface area contributed by atoms with Gasteiger partial charge in [-0.2, -0.15) is 0 Å². The Hall–Kier alpha value is -8.34. The second kappa shape index (κ2) is 13.6. The number of hydrogen-bond donors (Lipinski definition) is 1. The predicted molar refractivity (Wildman–Crippen MR) is 258 cm³/mol. The fraction of sp³-hybridized carbons (Fsp3) is 0. The molecule has 1 N–H and O–H groups in total. The van der Waals surface area contributed by atoms with Gasteiger partial charge in [0.1, 0.15) is 11.2 Å². The van der Waals surface area contributed by atoms with Crippen LogP contribution in [0.3, 0.4) is 0 Å². The smallest absolute Gasteiger partial charge is 0.137 e. The molecule has 0 spiro atoms. The van der Waals surface area contributed by atoms with E-state index in [0.717, 1.165) is 88.3 Å². The second-order valence-corrected chi connectivity index (χ2v) is 16.2. The van der Waals surface area contributed by atoms with Crippen molar-refractivity contribution in [1.82, 2.24) is 15.0 Å². The number of aromatic nitrogens is 3. The quantitative estimate of drug-likeness (QED) is 0.177. The fourth-order valence-electron chi connectivity index (χ4n) is 9.69. The maximum atomic E-state index is 6.24. The highest BCUT2D eigenvalue weighted by Gasteiger charge is 2.17. The van der Waals surface area contributed by atoms with Crippen molar-refractivity contribution in [2.24, 2.45) is 0 Å². The highest BCUT2D eigenvalue weighted by Crippen LogP contribution is 2.41. The minimum atomic E-state index is 0.857. The predicted octanol–water partition coefficient (Wildman–Crippen LogP) is 15.8. The van der Waals surface area contributed by atoms with Crippen LogP contribution in [0.2, 0.25) is 0 Å². The first-order valence-corrected chi connectivity index (χ1v) is 21.0. The molecule has 0 saturated heterocycles. The Morgan fingerprint density at radius 1 is 0.339 bits per heavy atom. The molecule has 3 heterocycles. The van der Waals surface area contributed by atoms with Gasteiger partial charge < -0.3 is 9.40 Å². The van der Waals surface area contributed by atoms with E-state index in [9.17, 15) is 0 Å². The molecule has 0 unspecified atom stereocenters. The zero-order chi connectivity index (χ0) is 40.7. The van der Waals surface area contributed by atoms with Crippen molar-refractivity contribution in [2.75, 3.05) is 0 Å². The standard InChI is InChI=1S/C58H35N3O/c1-3-22-46-44(20-1)45-21-2-4-23-47(45)58-57(46)59-34-51(60-58)42-19-10-17-40(33-42)38-15-8-13-36(31-38)35-12-7-14-37(30-35)39-16-9-18-41(32-39)43-25-11-26-48-49-28-29-53-54(56(49)61-55(43)48)50-24-5-6-27-52(50)62-53/h1-34,61H. The topological polar surface area (TPSA) is 54.7 Å². The molecule has 0 aliphatic heterocycles. The van der Waals surface area contributed by atoms with E-state index in [1.807, 2.05) is 18.3 Å². The average molecular weight is 790 g/mol. The molecule has 0 fully saturated rings. The van der Waals surface area contributed by atoms with Crippen molar-refractivity contribution in [3.63, 3.8) is 0 Å². The van der Waals surface area contributed by atoms with Crippen LogP contribution in [-0.2, 0) is 0 Å². The average Bonchev–Trinajstić information content (AvgIpc) is 3.93. The van der Waals surface area contributed by atoms with Crippen LogP contribution in [0.15, 0.2) is 211 Å². The Labute approximate surface area is 356 Å². The van der Waals surface area contributed by atoms with E-state index in [2.05, 4.69) is 193 Å². The van der Waals surface area contributed by atoms with Crippen LogP contribution in [0.5, 0.6) is 0 Å². The minimum absolute atomic E-state index is 0.857. The van der Waals surface area contributed by atoms with Gasteiger partial charge >= 0.3 is 0 Å². The number of hydrogen-bond acceptors (Lipinski definition) is 3. The number of fused-ring (bicyclic) bond motifs is 13. The van der Waals surface area contributed by atoms with Crippen LogP contribution in [0.4, 0.5) is 0 Å². The third kappa shape index (κ3) is 5.40. The number of nitrogens with one attached hydrogen (secondary N) is 1. The van der Waals surface area contributed by atoms with Crippen LogP contribution in [0, 0.1) is 0 Å². The van der Waals surface area contributed by atoms with Gasteiger partial charge in [-0.25, -0.2) is 4.98 Å². The summed E-state index contributed by atoms with van der Waals surface area (Å²) in [5, 5.41) is 9.28. The first kappa shape index (κ1) is 34.5. The number of rotatable bonds is 5. The van der Waals surface area contributed by atoms with E-state index in [-0.39, 0.29) is 0 Å². The molecule has 0 saturated carbocycles. The molecule has 0 aliphatic carbocycles. The molecule has 0 amide bonds. The molecular weight excluding hydrogens is 755 g/mol. The van der Waals surface area contributed by atoms with E-state index in [1.165, 1.54) is 43.8 Å². The molecule has 10 aromatic carbocycles. The van der Waals surface area contributed by atoms with Crippen LogP contribution in [-0.4, -0.2) is 15.0 Å². The van der Waals surface area contributed by atoms with Gasteiger partial charge in [0, 0.05) is 38.1 Å². The van der Waals surface area contributed by atoms with Gasteiger partial charge in [-0.1, -0.05) is 158 Å². The molecule has 0 bridgehead atoms. The Morgan fingerprint density at radius 2 is 0.823 bits per heavy atom. The van der Waals surface area contributed by atoms with E-state index in [1.54, 1.807) is 0 Å². The third-order valence-corrected chi connectivity index (χ3v) is 12.6. The molecule has 62 heavy (non-hydrogen) atoms. The molecule has 0 radical (unpaired) electrons. The van der Waals surface area contributed by atoms with Crippen LogP contribution in [0.25, 0.3) is 132 Å². The molecule has 3 aromatic heterocycles. The number of aromatic amines is 1. The summed E-state index contributed by atoms with van der Waals surface area (Å²) in [7, 11) is 0. The van der Waals surface area contributed by atoms with Crippen LogP contribution in [0.1, 0.15) is 0 Å². The lowest BCUT2D eigenvalue weighted by Crippen LogP contribution is -1.92. The van der Waals surface area contributed by atoms with Gasteiger partial charge in [-0.3, -0.25) is 4.98 Å². The summed E-state index contributed by atoms with van der Waals surface area (Å²) in [4.78, 5) is 14.1. The minimum Gasteiger partial charge on any atom is -0.456 e. The summed E-state index contributed by atoms with van der Waals surface area (Å²) in [5.74, 6) is 0. The summed E-state index contributed by atoms with van der Waals surface area (Å²) in [6.45, 7) is 0. The van der Waals surface area contributed by atoms with Gasteiger partial charge in [0.25, 0.3) is 0 Å². The van der Waals surface area contributed by atoms with Crippen LogP contribution >= 0.6 is 0 Å². The number of benzene rings is 10.